The number of nitrogens with zero attached hydrogens (tertiary/aromatic N) is 3. The Hall–Kier alpha value is -1.59. The molecule has 20 heavy (non-hydrogen) atoms. The van der Waals surface area contributed by atoms with Crippen molar-refractivity contribution in [2.24, 2.45) is 0 Å². The molecule has 2 aromatic heterocycles. The zero-order valence-corrected chi connectivity index (χ0v) is 12.0. The number of carboxylic acid groups (broad SMARTS) is 1. The predicted octanol–water partition coefficient (Wildman–Crippen LogP) is 2.43. The predicted molar refractivity (Wildman–Crippen MR) is 75.9 cm³/mol. The summed E-state index contributed by atoms with van der Waals surface area (Å²) in [6, 6.07) is 3.65. The quantitative estimate of drug-likeness (QED) is 0.944. The van der Waals surface area contributed by atoms with E-state index in [4.69, 9.17) is 11.6 Å². The Morgan fingerprint density at radius 1 is 1.50 bits per heavy atom. The van der Waals surface area contributed by atoms with E-state index in [1.165, 1.54) is 0 Å². The number of hydrogen-bond acceptors (Lipinski definition) is 3. The van der Waals surface area contributed by atoms with Crippen molar-refractivity contribution in [2.45, 2.75) is 31.8 Å². The van der Waals surface area contributed by atoms with Crippen LogP contribution in [0.4, 0.5) is 0 Å². The number of imidazole rings is 1. The summed E-state index contributed by atoms with van der Waals surface area (Å²) in [7, 11) is 0. The minimum absolute atomic E-state index is 0.544. The third-order valence-corrected chi connectivity index (χ3v) is 4.29. The number of carboxylic acids is 1. The lowest BCUT2D eigenvalue weighted by Gasteiger charge is -2.30. The van der Waals surface area contributed by atoms with Crippen molar-refractivity contribution in [1.29, 1.82) is 0 Å². The van der Waals surface area contributed by atoms with Gasteiger partial charge in [0, 0.05) is 18.9 Å². The van der Waals surface area contributed by atoms with Gasteiger partial charge >= 0.3 is 5.97 Å². The molecular weight excluding hydrogens is 278 g/mol. The lowest BCUT2D eigenvalue weighted by atomic mass is 9.99. The number of aliphatic carboxylic acids is 1. The van der Waals surface area contributed by atoms with Crippen molar-refractivity contribution < 1.29 is 9.90 Å². The SMILES string of the molecule is CC1(C(=O)O)CCCN1Cc1cn2cc(Cl)ccc2n1. The Labute approximate surface area is 121 Å². The van der Waals surface area contributed by atoms with E-state index in [0.29, 0.717) is 18.0 Å². The summed E-state index contributed by atoms with van der Waals surface area (Å²) in [5, 5.41) is 10.1. The summed E-state index contributed by atoms with van der Waals surface area (Å²) in [6.07, 6.45) is 5.29. The van der Waals surface area contributed by atoms with E-state index in [0.717, 1.165) is 24.3 Å². The van der Waals surface area contributed by atoms with Crippen LogP contribution in [0.25, 0.3) is 5.65 Å². The molecule has 1 unspecified atom stereocenters. The van der Waals surface area contributed by atoms with Crippen molar-refractivity contribution >= 4 is 23.2 Å². The lowest BCUT2D eigenvalue weighted by Crippen LogP contribution is -2.47. The molecule has 2 aromatic rings. The third kappa shape index (κ3) is 2.17. The standard InChI is InChI=1S/C14H16ClN3O2/c1-14(13(19)20)5-2-6-18(14)9-11-8-17-7-10(15)3-4-12(17)16-11/h3-4,7-8H,2,5-6,9H2,1H3,(H,19,20). The first-order valence-electron chi connectivity index (χ1n) is 6.61. The minimum atomic E-state index is -0.784. The summed E-state index contributed by atoms with van der Waals surface area (Å²) in [4.78, 5) is 18.0. The van der Waals surface area contributed by atoms with Crippen LogP contribution in [0.5, 0.6) is 0 Å². The third-order valence-electron chi connectivity index (χ3n) is 4.07. The van der Waals surface area contributed by atoms with Gasteiger partial charge in [0.05, 0.1) is 10.7 Å². The smallest absolute Gasteiger partial charge is 0.323 e. The van der Waals surface area contributed by atoms with Crippen LogP contribution in [0.3, 0.4) is 0 Å². The number of aromatic nitrogens is 2. The number of carbonyl (C=O) groups is 1. The van der Waals surface area contributed by atoms with Crippen molar-refractivity contribution in [1.82, 2.24) is 14.3 Å². The molecule has 1 atom stereocenters. The lowest BCUT2D eigenvalue weighted by molar-refractivity contribution is -0.148. The van der Waals surface area contributed by atoms with E-state index < -0.39 is 11.5 Å². The molecule has 1 fully saturated rings. The first-order chi connectivity index (χ1) is 9.49. The van der Waals surface area contributed by atoms with Gasteiger partial charge in [-0.15, -0.1) is 0 Å². The summed E-state index contributed by atoms with van der Waals surface area (Å²) in [5.74, 6) is -0.762. The molecule has 0 spiro atoms. The zero-order chi connectivity index (χ0) is 14.3. The maximum absolute atomic E-state index is 11.5. The van der Waals surface area contributed by atoms with Gasteiger partial charge < -0.3 is 9.51 Å². The fourth-order valence-corrected chi connectivity index (χ4v) is 2.97. The van der Waals surface area contributed by atoms with E-state index in [1.54, 1.807) is 19.2 Å². The van der Waals surface area contributed by atoms with Crippen molar-refractivity contribution in [3.8, 4) is 0 Å². The van der Waals surface area contributed by atoms with E-state index in [9.17, 15) is 9.90 Å². The molecule has 0 radical (unpaired) electrons. The fraction of sp³-hybridized carbons (Fsp3) is 0.429. The summed E-state index contributed by atoms with van der Waals surface area (Å²) in [5.41, 5.74) is 0.898. The average Bonchev–Trinajstić information content (AvgIpc) is 2.94. The van der Waals surface area contributed by atoms with Crippen LogP contribution >= 0.6 is 11.6 Å². The molecule has 3 heterocycles. The second kappa shape index (κ2) is 4.75. The number of halogens is 1. The van der Waals surface area contributed by atoms with Crippen molar-refractivity contribution in [2.75, 3.05) is 6.54 Å². The Balaban J connectivity index is 1.87. The molecule has 5 nitrogen and oxygen atoms in total. The van der Waals surface area contributed by atoms with Crippen LogP contribution in [0.2, 0.25) is 5.02 Å². The zero-order valence-electron chi connectivity index (χ0n) is 11.2. The number of fused-ring (bicyclic) bond motifs is 1. The summed E-state index contributed by atoms with van der Waals surface area (Å²) >= 11 is 5.95. The molecule has 0 aromatic carbocycles. The van der Waals surface area contributed by atoms with Crippen LogP contribution in [0.15, 0.2) is 24.5 Å². The Morgan fingerprint density at radius 3 is 3.05 bits per heavy atom. The molecule has 1 aliphatic rings. The van der Waals surface area contributed by atoms with Gasteiger partial charge in [0.15, 0.2) is 0 Å². The van der Waals surface area contributed by atoms with Gasteiger partial charge in [-0.1, -0.05) is 11.6 Å². The topological polar surface area (TPSA) is 57.8 Å². The van der Waals surface area contributed by atoms with Crippen molar-refractivity contribution in [3.05, 3.63) is 35.2 Å². The van der Waals surface area contributed by atoms with Gasteiger partial charge in [0.1, 0.15) is 11.2 Å². The highest BCUT2D eigenvalue weighted by Gasteiger charge is 2.43. The highest BCUT2D eigenvalue weighted by atomic mass is 35.5. The maximum Gasteiger partial charge on any atom is 0.323 e. The van der Waals surface area contributed by atoms with E-state index in [1.807, 2.05) is 21.6 Å². The minimum Gasteiger partial charge on any atom is -0.480 e. The van der Waals surface area contributed by atoms with E-state index in [2.05, 4.69) is 4.98 Å². The van der Waals surface area contributed by atoms with Crippen LogP contribution in [0, 0.1) is 0 Å². The van der Waals surface area contributed by atoms with Crippen molar-refractivity contribution in [3.63, 3.8) is 0 Å². The van der Waals surface area contributed by atoms with Gasteiger partial charge in [-0.05, 0) is 38.4 Å². The largest absolute Gasteiger partial charge is 0.480 e. The van der Waals surface area contributed by atoms with E-state index in [-0.39, 0.29) is 0 Å². The molecule has 6 heteroatoms. The molecule has 0 bridgehead atoms. The molecular formula is C14H16ClN3O2. The van der Waals surface area contributed by atoms with Gasteiger partial charge in [0.25, 0.3) is 0 Å². The fourth-order valence-electron chi connectivity index (χ4n) is 2.80. The summed E-state index contributed by atoms with van der Waals surface area (Å²) < 4.78 is 1.87. The molecule has 1 N–H and O–H groups in total. The second-order valence-corrected chi connectivity index (χ2v) is 5.89. The van der Waals surface area contributed by atoms with Gasteiger partial charge in [-0.3, -0.25) is 9.69 Å². The van der Waals surface area contributed by atoms with Gasteiger partial charge in [0.2, 0.25) is 0 Å². The Bertz CT molecular complexity index is 669. The van der Waals surface area contributed by atoms with Crippen LogP contribution in [-0.2, 0) is 11.3 Å². The molecule has 3 rings (SSSR count). The monoisotopic (exact) mass is 293 g/mol. The van der Waals surface area contributed by atoms with Crippen LogP contribution in [0.1, 0.15) is 25.5 Å². The average molecular weight is 294 g/mol. The molecule has 1 aliphatic heterocycles. The van der Waals surface area contributed by atoms with Gasteiger partial charge in [-0.2, -0.15) is 0 Å². The van der Waals surface area contributed by atoms with Crippen LogP contribution < -0.4 is 0 Å². The maximum atomic E-state index is 11.5. The number of pyridine rings is 1. The highest BCUT2D eigenvalue weighted by molar-refractivity contribution is 6.30. The number of hydrogen-bond donors (Lipinski definition) is 1. The molecule has 0 amide bonds. The molecule has 1 saturated heterocycles. The highest BCUT2D eigenvalue weighted by Crippen LogP contribution is 2.30. The first kappa shape index (κ1) is 13.4. The second-order valence-electron chi connectivity index (χ2n) is 5.45. The summed E-state index contributed by atoms with van der Waals surface area (Å²) in [6.45, 7) is 3.12. The number of likely N-dealkylation sites (tertiary alicyclic amines) is 1. The first-order valence-corrected chi connectivity index (χ1v) is 6.98. The van der Waals surface area contributed by atoms with E-state index >= 15 is 0 Å². The Morgan fingerprint density at radius 2 is 2.30 bits per heavy atom. The Kier molecular flexibility index (Phi) is 3.18. The number of rotatable bonds is 3. The molecule has 0 aliphatic carbocycles. The van der Waals surface area contributed by atoms with Gasteiger partial charge in [-0.25, -0.2) is 4.98 Å². The van der Waals surface area contributed by atoms with Crippen LogP contribution in [-0.4, -0.2) is 37.4 Å². The normalized spacial score (nSPS) is 23.5. The molecule has 0 saturated carbocycles. The molecule has 106 valence electrons.